The first kappa shape index (κ1) is 9.95. The second kappa shape index (κ2) is 3.72. The number of aromatic nitrogens is 4. The number of nitrogens with zero attached hydrogens (tertiary/aromatic N) is 5. The third-order valence-corrected chi connectivity index (χ3v) is 2.69. The quantitative estimate of drug-likeness (QED) is 0.661. The summed E-state index contributed by atoms with van der Waals surface area (Å²) in [6.07, 6.45) is 0. The Labute approximate surface area is 80.1 Å². The van der Waals surface area contributed by atoms with Crippen molar-refractivity contribution in [3.8, 4) is 6.07 Å². The van der Waals surface area contributed by atoms with E-state index in [1.54, 1.807) is 14.0 Å². The lowest BCUT2D eigenvalue weighted by atomic mass is 10.1. The van der Waals surface area contributed by atoms with Crippen LogP contribution < -0.4 is 5.73 Å². The highest BCUT2D eigenvalue weighted by molar-refractivity contribution is 7.99. The molecule has 0 radical (unpaired) electrons. The van der Waals surface area contributed by atoms with Crippen LogP contribution in [-0.4, -0.2) is 31.5 Å². The van der Waals surface area contributed by atoms with E-state index in [0.29, 0.717) is 10.9 Å². The minimum absolute atomic E-state index is 0.470. The molecule has 1 aromatic heterocycles. The van der Waals surface area contributed by atoms with Gasteiger partial charge in [0.15, 0.2) is 0 Å². The number of thioether (sulfide) groups is 1. The highest BCUT2D eigenvalue weighted by Crippen LogP contribution is 2.16. The van der Waals surface area contributed by atoms with Gasteiger partial charge in [-0.1, -0.05) is 11.8 Å². The molecule has 13 heavy (non-hydrogen) atoms. The average Bonchev–Trinajstić information content (AvgIpc) is 2.48. The summed E-state index contributed by atoms with van der Waals surface area (Å²) >= 11 is 1.36. The first-order chi connectivity index (χ1) is 6.05. The van der Waals surface area contributed by atoms with Crippen molar-refractivity contribution in [2.45, 2.75) is 17.6 Å². The van der Waals surface area contributed by atoms with Gasteiger partial charge in [-0.2, -0.15) is 5.26 Å². The number of tetrazole rings is 1. The molecule has 0 bridgehead atoms. The minimum atomic E-state index is -0.837. The Bertz CT molecular complexity index is 324. The van der Waals surface area contributed by atoms with Crippen molar-refractivity contribution in [3.63, 3.8) is 0 Å². The second-order valence-corrected chi connectivity index (χ2v) is 3.85. The predicted molar refractivity (Wildman–Crippen MR) is 47.7 cm³/mol. The van der Waals surface area contributed by atoms with E-state index in [1.165, 1.54) is 16.4 Å². The molecular weight excluding hydrogens is 188 g/mol. The standard InChI is InChI=1S/C6H10N6S/c1-6(8,3-7)4-13-5-9-10-11-12(5)2/h4,8H2,1-2H3. The summed E-state index contributed by atoms with van der Waals surface area (Å²) in [6.45, 7) is 1.67. The fourth-order valence-electron chi connectivity index (χ4n) is 0.590. The number of nitriles is 1. The zero-order valence-corrected chi connectivity index (χ0v) is 8.25. The molecular formula is C6H10N6S. The van der Waals surface area contributed by atoms with Crippen LogP contribution >= 0.6 is 11.8 Å². The van der Waals surface area contributed by atoms with Crippen LogP contribution in [-0.2, 0) is 7.05 Å². The van der Waals surface area contributed by atoms with Gasteiger partial charge < -0.3 is 5.73 Å². The summed E-state index contributed by atoms with van der Waals surface area (Å²) in [5.74, 6) is 0.470. The van der Waals surface area contributed by atoms with E-state index < -0.39 is 5.54 Å². The fraction of sp³-hybridized carbons (Fsp3) is 0.667. The Morgan fingerprint density at radius 1 is 1.77 bits per heavy atom. The van der Waals surface area contributed by atoms with Crippen molar-refractivity contribution in [2.75, 3.05) is 5.75 Å². The third-order valence-electron chi connectivity index (χ3n) is 1.34. The van der Waals surface area contributed by atoms with Gasteiger partial charge in [0.1, 0.15) is 5.54 Å². The third kappa shape index (κ3) is 2.68. The number of rotatable bonds is 3. The van der Waals surface area contributed by atoms with Gasteiger partial charge in [0.2, 0.25) is 5.16 Å². The topological polar surface area (TPSA) is 93.4 Å². The maximum absolute atomic E-state index is 8.65. The first-order valence-corrected chi connectivity index (χ1v) is 4.59. The average molecular weight is 198 g/mol. The number of nitrogens with two attached hydrogens (primary N) is 1. The molecule has 1 unspecified atom stereocenters. The van der Waals surface area contributed by atoms with Crippen molar-refractivity contribution in [1.82, 2.24) is 20.2 Å². The summed E-state index contributed by atoms with van der Waals surface area (Å²) in [5, 5.41) is 20.2. The molecule has 1 aromatic rings. The minimum Gasteiger partial charge on any atom is -0.313 e. The fourth-order valence-corrected chi connectivity index (χ4v) is 1.40. The van der Waals surface area contributed by atoms with Crippen molar-refractivity contribution >= 4 is 11.8 Å². The molecule has 0 fully saturated rings. The summed E-state index contributed by atoms with van der Waals surface area (Å²) < 4.78 is 1.54. The molecule has 2 N–H and O–H groups in total. The molecule has 1 atom stereocenters. The molecule has 0 aliphatic rings. The maximum Gasteiger partial charge on any atom is 0.209 e. The van der Waals surface area contributed by atoms with Gasteiger partial charge in [-0.25, -0.2) is 4.68 Å². The highest BCUT2D eigenvalue weighted by atomic mass is 32.2. The van der Waals surface area contributed by atoms with Crippen molar-refractivity contribution in [3.05, 3.63) is 0 Å². The van der Waals surface area contributed by atoms with Gasteiger partial charge in [-0.05, 0) is 17.4 Å². The summed E-state index contributed by atoms with van der Waals surface area (Å²) in [4.78, 5) is 0. The monoisotopic (exact) mass is 198 g/mol. The number of aryl methyl sites for hydroxylation is 1. The summed E-state index contributed by atoms with van der Waals surface area (Å²) in [7, 11) is 1.74. The molecule has 0 aliphatic carbocycles. The number of hydrogen-bond donors (Lipinski definition) is 1. The van der Waals surface area contributed by atoms with Crippen molar-refractivity contribution in [1.29, 1.82) is 5.26 Å². The zero-order valence-electron chi connectivity index (χ0n) is 7.43. The van der Waals surface area contributed by atoms with Crippen LogP contribution in [0.25, 0.3) is 0 Å². The predicted octanol–water partition coefficient (Wildman–Crippen LogP) is -0.457. The summed E-state index contributed by atoms with van der Waals surface area (Å²) in [5.41, 5.74) is 4.79. The van der Waals surface area contributed by atoms with Crippen molar-refractivity contribution in [2.24, 2.45) is 12.8 Å². The SMILES string of the molecule is Cn1nnnc1SCC(C)(N)C#N. The van der Waals surface area contributed by atoms with Crippen LogP contribution in [0, 0.1) is 11.3 Å². The summed E-state index contributed by atoms with van der Waals surface area (Å²) in [6, 6.07) is 2.00. The second-order valence-electron chi connectivity index (χ2n) is 2.90. The molecule has 6 nitrogen and oxygen atoms in total. The first-order valence-electron chi connectivity index (χ1n) is 3.60. The smallest absolute Gasteiger partial charge is 0.209 e. The molecule has 0 saturated heterocycles. The lowest BCUT2D eigenvalue weighted by Crippen LogP contribution is -2.36. The molecule has 1 rings (SSSR count). The molecule has 0 amide bonds. The van der Waals surface area contributed by atoms with Crippen LogP contribution in [0.15, 0.2) is 5.16 Å². The Hall–Kier alpha value is -1.13. The van der Waals surface area contributed by atoms with Gasteiger partial charge in [-0.15, -0.1) is 5.10 Å². The number of hydrogen-bond acceptors (Lipinski definition) is 6. The van der Waals surface area contributed by atoms with Crippen LogP contribution in [0.5, 0.6) is 0 Å². The molecule has 0 aliphatic heterocycles. The Morgan fingerprint density at radius 2 is 2.46 bits per heavy atom. The zero-order chi connectivity index (χ0) is 9.90. The van der Waals surface area contributed by atoms with Gasteiger partial charge in [0.05, 0.1) is 6.07 Å². The Kier molecular flexibility index (Phi) is 2.85. The molecule has 70 valence electrons. The highest BCUT2D eigenvalue weighted by Gasteiger charge is 2.18. The molecule has 0 saturated carbocycles. The van der Waals surface area contributed by atoms with Gasteiger partial charge in [-0.3, -0.25) is 0 Å². The molecule has 0 spiro atoms. The lowest BCUT2D eigenvalue weighted by Gasteiger charge is -2.12. The molecule has 1 heterocycles. The Morgan fingerprint density at radius 3 is 2.92 bits per heavy atom. The van der Waals surface area contributed by atoms with Crippen LogP contribution in [0.3, 0.4) is 0 Å². The van der Waals surface area contributed by atoms with E-state index in [-0.39, 0.29) is 0 Å². The normalized spacial score (nSPS) is 14.9. The van der Waals surface area contributed by atoms with Crippen LogP contribution in [0.2, 0.25) is 0 Å². The van der Waals surface area contributed by atoms with E-state index in [9.17, 15) is 0 Å². The van der Waals surface area contributed by atoms with Crippen LogP contribution in [0.1, 0.15) is 6.92 Å². The van der Waals surface area contributed by atoms with E-state index in [4.69, 9.17) is 11.0 Å². The van der Waals surface area contributed by atoms with E-state index in [1.807, 2.05) is 6.07 Å². The maximum atomic E-state index is 8.65. The molecule has 0 aromatic carbocycles. The van der Waals surface area contributed by atoms with Gasteiger partial charge >= 0.3 is 0 Å². The molecule has 7 heteroatoms. The van der Waals surface area contributed by atoms with Gasteiger partial charge in [0.25, 0.3) is 0 Å². The van der Waals surface area contributed by atoms with Crippen LogP contribution in [0.4, 0.5) is 0 Å². The lowest BCUT2D eigenvalue weighted by molar-refractivity contribution is 0.655. The van der Waals surface area contributed by atoms with Gasteiger partial charge in [0, 0.05) is 12.8 Å². The van der Waals surface area contributed by atoms with Crippen molar-refractivity contribution < 1.29 is 0 Å². The van der Waals surface area contributed by atoms with E-state index in [0.717, 1.165) is 0 Å². The van der Waals surface area contributed by atoms with E-state index in [2.05, 4.69) is 15.5 Å². The Balaban J connectivity index is 2.54. The van der Waals surface area contributed by atoms with E-state index >= 15 is 0 Å². The largest absolute Gasteiger partial charge is 0.313 e.